The van der Waals surface area contributed by atoms with Gasteiger partial charge in [0.05, 0.1) is 23.8 Å². The molecule has 0 fully saturated rings. The third-order valence-electron chi connectivity index (χ3n) is 1.88. The van der Waals surface area contributed by atoms with Gasteiger partial charge in [0.2, 0.25) is 0 Å². The Bertz CT molecular complexity index is 442. The van der Waals surface area contributed by atoms with Gasteiger partial charge in [-0.05, 0) is 18.2 Å². The normalized spacial score (nSPS) is 10.3. The number of rotatable bonds is 1. The zero-order chi connectivity index (χ0) is 9.26. The van der Waals surface area contributed by atoms with Crippen LogP contribution in [0.15, 0.2) is 30.5 Å². The number of hydrogen-bond acceptors (Lipinski definition) is 2. The number of methoxy groups -OCH3 is 1. The van der Waals surface area contributed by atoms with E-state index in [1.54, 1.807) is 13.3 Å². The molecule has 3 heteroatoms. The molecule has 2 aromatic rings. The number of aromatic nitrogens is 1. The van der Waals surface area contributed by atoms with Crippen molar-refractivity contribution in [3.05, 3.63) is 35.5 Å². The molecule has 0 N–H and O–H groups in total. The van der Waals surface area contributed by atoms with E-state index in [-0.39, 0.29) is 0 Å². The first-order valence-electron chi connectivity index (χ1n) is 3.89. The number of hydrogen-bond donors (Lipinski definition) is 0. The minimum atomic E-state index is 0.698. The summed E-state index contributed by atoms with van der Waals surface area (Å²) >= 11 is 5.99. The van der Waals surface area contributed by atoms with E-state index in [0.717, 1.165) is 16.7 Å². The quantitative estimate of drug-likeness (QED) is 0.695. The topological polar surface area (TPSA) is 22.1 Å². The standard InChI is InChI=1S/C10H8ClNO/c1-13-7-5-8-9(11)3-2-4-10(8)12-6-7/h2-6H,1H3. The highest BCUT2D eigenvalue weighted by Crippen LogP contribution is 2.24. The van der Waals surface area contributed by atoms with E-state index >= 15 is 0 Å². The molecule has 0 aliphatic carbocycles. The van der Waals surface area contributed by atoms with Crippen LogP contribution in [0.5, 0.6) is 5.75 Å². The Balaban J connectivity index is 2.74. The molecule has 1 aromatic carbocycles. The lowest BCUT2D eigenvalue weighted by Crippen LogP contribution is -1.85. The van der Waals surface area contributed by atoms with Crippen molar-refractivity contribution >= 4 is 22.5 Å². The van der Waals surface area contributed by atoms with Gasteiger partial charge in [-0.25, -0.2) is 0 Å². The van der Waals surface area contributed by atoms with Crippen LogP contribution in [0.4, 0.5) is 0 Å². The van der Waals surface area contributed by atoms with Crippen molar-refractivity contribution in [2.45, 2.75) is 0 Å². The molecule has 0 radical (unpaired) electrons. The summed E-state index contributed by atoms with van der Waals surface area (Å²) in [7, 11) is 1.61. The summed E-state index contributed by atoms with van der Waals surface area (Å²) in [4.78, 5) is 4.20. The maximum atomic E-state index is 5.99. The van der Waals surface area contributed by atoms with E-state index < -0.39 is 0 Å². The first-order chi connectivity index (χ1) is 6.31. The average Bonchev–Trinajstić information content (AvgIpc) is 2.18. The van der Waals surface area contributed by atoms with Gasteiger partial charge in [-0.1, -0.05) is 17.7 Å². The van der Waals surface area contributed by atoms with Crippen LogP contribution in [-0.4, -0.2) is 12.1 Å². The zero-order valence-corrected chi connectivity index (χ0v) is 7.88. The van der Waals surface area contributed by atoms with Crippen LogP contribution in [0, 0.1) is 0 Å². The Morgan fingerprint density at radius 2 is 2.23 bits per heavy atom. The molecule has 2 rings (SSSR count). The van der Waals surface area contributed by atoms with E-state index in [1.165, 1.54) is 0 Å². The Labute approximate surface area is 81.1 Å². The predicted octanol–water partition coefficient (Wildman–Crippen LogP) is 2.90. The number of pyridine rings is 1. The third kappa shape index (κ3) is 1.45. The van der Waals surface area contributed by atoms with Crippen molar-refractivity contribution in [2.24, 2.45) is 0 Å². The highest BCUT2D eigenvalue weighted by atomic mass is 35.5. The SMILES string of the molecule is COc1cnc2cccc(Cl)c2c1. The number of benzene rings is 1. The van der Waals surface area contributed by atoms with Gasteiger partial charge in [0, 0.05) is 5.39 Å². The van der Waals surface area contributed by atoms with Crippen LogP contribution in [0.3, 0.4) is 0 Å². The molecule has 0 aliphatic heterocycles. The van der Waals surface area contributed by atoms with Crippen molar-refractivity contribution in [1.29, 1.82) is 0 Å². The fourth-order valence-electron chi connectivity index (χ4n) is 1.21. The largest absolute Gasteiger partial charge is 0.495 e. The van der Waals surface area contributed by atoms with Crippen molar-refractivity contribution in [3.8, 4) is 5.75 Å². The summed E-state index contributed by atoms with van der Waals surface area (Å²) in [5.74, 6) is 0.723. The lowest BCUT2D eigenvalue weighted by atomic mass is 10.2. The lowest BCUT2D eigenvalue weighted by Gasteiger charge is -2.02. The highest BCUT2D eigenvalue weighted by Gasteiger charge is 2.00. The molecular weight excluding hydrogens is 186 g/mol. The molecule has 0 saturated heterocycles. The van der Waals surface area contributed by atoms with Gasteiger partial charge in [-0.15, -0.1) is 0 Å². The fourth-order valence-corrected chi connectivity index (χ4v) is 1.43. The summed E-state index contributed by atoms with van der Waals surface area (Å²) in [6.45, 7) is 0. The second-order valence-electron chi connectivity index (χ2n) is 2.68. The second kappa shape index (κ2) is 3.23. The van der Waals surface area contributed by atoms with Crippen molar-refractivity contribution in [2.75, 3.05) is 7.11 Å². The van der Waals surface area contributed by atoms with E-state index in [2.05, 4.69) is 4.98 Å². The Morgan fingerprint density at radius 1 is 1.38 bits per heavy atom. The first-order valence-corrected chi connectivity index (χ1v) is 4.27. The first kappa shape index (κ1) is 8.32. The van der Waals surface area contributed by atoms with Gasteiger partial charge < -0.3 is 4.74 Å². The molecule has 13 heavy (non-hydrogen) atoms. The molecule has 0 amide bonds. The average molecular weight is 194 g/mol. The van der Waals surface area contributed by atoms with Crippen LogP contribution in [0.2, 0.25) is 5.02 Å². The van der Waals surface area contributed by atoms with Gasteiger partial charge >= 0.3 is 0 Å². The number of ether oxygens (including phenoxy) is 1. The van der Waals surface area contributed by atoms with Crippen LogP contribution in [0.25, 0.3) is 10.9 Å². The molecular formula is C10H8ClNO. The van der Waals surface area contributed by atoms with Gasteiger partial charge in [-0.3, -0.25) is 4.98 Å². The number of halogens is 1. The summed E-state index contributed by atoms with van der Waals surface area (Å²) in [5.41, 5.74) is 0.883. The van der Waals surface area contributed by atoms with E-state index in [4.69, 9.17) is 16.3 Å². The maximum Gasteiger partial charge on any atom is 0.137 e. The minimum Gasteiger partial charge on any atom is -0.495 e. The van der Waals surface area contributed by atoms with E-state index in [9.17, 15) is 0 Å². The molecule has 0 atom stereocenters. The summed E-state index contributed by atoms with van der Waals surface area (Å²) in [5, 5.41) is 1.62. The number of fused-ring (bicyclic) bond motifs is 1. The van der Waals surface area contributed by atoms with Crippen molar-refractivity contribution in [1.82, 2.24) is 4.98 Å². The molecule has 0 bridgehead atoms. The monoisotopic (exact) mass is 193 g/mol. The number of nitrogens with zero attached hydrogens (tertiary/aromatic N) is 1. The predicted molar refractivity (Wildman–Crippen MR) is 53.3 cm³/mol. The Kier molecular flexibility index (Phi) is 2.07. The molecule has 2 nitrogen and oxygen atoms in total. The van der Waals surface area contributed by atoms with Crippen LogP contribution >= 0.6 is 11.6 Å². The minimum absolute atomic E-state index is 0.698. The summed E-state index contributed by atoms with van der Waals surface area (Å²) < 4.78 is 5.06. The second-order valence-corrected chi connectivity index (χ2v) is 3.09. The fraction of sp³-hybridized carbons (Fsp3) is 0.100. The van der Waals surface area contributed by atoms with Gasteiger partial charge in [-0.2, -0.15) is 0 Å². The summed E-state index contributed by atoms with van der Waals surface area (Å²) in [6.07, 6.45) is 1.68. The van der Waals surface area contributed by atoms with E-state index in [0.29, 0.717) is 5.02 Å². The maximum absolute atomic E-state index is 5.99. The van der Waals surface area contributed by atoms with Crippen molar-refractivity contribution < 1.29 is 4.74 Å². The van der Waals surface area contributed by atoms with Gasteiger partial charge in [0.15, 0.2) is 0 Å². The van der Waals surface area contributed by atoms with Crippen LogP contribution in [-0.2, 0) is 0 Å². The zero-order valence-electron chi connectivity index (χ0n) is 7.12. The molecule has 66 valence electrons. The Morgan fingerprint density at radius 3 is 3.00 bits per heavy atom. The van der Waals surface area contributed by atoms with Gasteiger partial charge in [0.25, 0.3) is 0 Å². The molecule has 0 aliphatic rings. The lowest BCUT2D eigenvalue weighted by molar-refractivity contribution is 0.414. The van der Waals surface area contributed by atoms with Crippen LogP contribution in [0.1, 0.15) is 0 Å². The van der Waals surface area contributed by atoms with E-state index in [1.807, 2.05) is 24.3 Å². The third-order valence-corrected chi connectivity index (χ3v) is 2.21. The van der Waals surface area contributed by atoms with Crippen molar-refractivity contribution in [3.63, 3.8) is 0 Å². The molecule has 1 heterocycles. The molecule has 0 saturated carbocycles. The van der Waals surface area contributed by atoms with Gasteiger partial charge in [0.1, 0.15) is 5.75 Å². The smallest absolute Gasteiger partial charge is 0.137 e. The Hall–Kier alpha value is -1.28. The van der Waals surface area contributed by atoms with Crippen LogP contribution < -0.4 is 4.74 Å². The summed E-state index contributed by atoms with van der Waals surface area (Å²) in [6, 6.07) is 7.51. The molecule has 0 spiro atoms. The molecule has 1 aromatic heterocycles. The highest BCUT2D eigenvalue weighted by molar-refractivity contribution is 6.35. The molecule has 0 unspecified atom stereocenters.